The van der Waals surface area contributed by atoms with Crippen LogP contribution in [0.2, 0.25) is 0 Å². The Morgan fingerprint density at radius 2 is 2.19 bits per heavy atom. The summed E-state index contributed by atoms with van der Waals surface area (Å²) in [5, 5.41) is 11.6. The molecule has 0 amide bonds. The summed E-state index contributed by atoms with van der Waals surface area (Å²) in [6, 6.07) is 12.9. The molecule has 2 N–H and O–H groups in total. The first-order valence-corrected chi connectivity index (χ1v) is 12.1. The van der Waals surface area contributed by atoms with Gasteiger partial charge in [-0.3, -0.25) is 4.98 Å². The number of pyridine rings is 1. The van der Waals surface area contributed by atoms with Gasteiger partial charge in [-0.05, 0) is 49.1 Å². The number of anilines is 1. The van der Waals surface area contributed by atoms with Crippen molar-refractivity contribution >= 4 is 28.2 Å². The third-order valence-electron chi connectivity index (χ3n) is 6.11. The van der Waals surface area contributed by atoms with Crippen LogP contribution in [0.4, 0.5) is 5.00 Å². The van der Waals surface area contributed by atoms with Crippen LogP contribution in [0, 0.1) is 0 Å². The van der Waals surface area contributed by atoms with E-state index in [4.69, 9.17) is 14.7 Å². The van der Waals surface area contributed by atoms with E-state index in [1.807, 2.05) is 18.3 Å². The first-order chi connectivity index (χ1) is 15.7. The Bertz CT molecular complexity index is 1220. The van der Waals surface area contributed by atoms with Crippen LogP contribution in [-0.4, -0.2) is 47.7 Å². The first-order valence-electron chi connectivity index (χ1n) is 11.3. The lowest BCUT2D eigenvalue weighted by molar-refractivity contribution is 0.268. The number of methoxy groups -OCH3 is 1. The number of hydrogen-bond acceptors (Lipinski definition) is 7. The average Bonchev–Trinajstić information content (AvgIpc) is 3.19. The van der Waals surface area contributed by atoms with Crippen LogP contribution >= 0.6 is 11.3 Å². The van der Waals surface area contributed by atoms with Gasteiger partial charge in [0.15, 0.2) is 0 Å². The molecule has 0 saturated carbocycles. The van der Waals surface area contributed by atoms with Gasteiger partial charge in [0.2, 0.25) is 0 Å². The normalized spacial score (nSPS) is 17.6. The second kappa shape index (κ2) is 9.30. The lowest BCUT2D eigenvalue weighted by Crippen LogP contribution is -2.52. The maximum atomic E-state index is 5.38. The second-order valence-electron chi connectivity index (χ2n) is 8.20. The minimum Gasteiger partial charge on any atom is -0.497 e. The average molecular weight is 448 g/mol. The summed E-state index contributed by atoms with van der Waals surface area (Å²) in [6.07, 6.45) is 6.97. The maximum absolute atomic E-state index is 5.38. The van der Waals surface area contributed by atoms with Gasteiger partial charge >= 0.3 is 0 Å². The Morgan fingerprint density at radius 1 is 1.25 bits per heavy atom. The molecule has 4 heterocycles. The zero-order valence-electron chi connectivity index (χ0n) is 18.6. The number of thiazole rings is 1. The van der Waals surface area contributed by atoms with Crippen LogP contribution < -0.4 is 25.9 Å². The van der Waals surface area contributed by atoms with Crippen molar-refractivity contribution in [3.05, 3.63) is 69.4 Å². The third-order valence-corrected chi connectivity index (χ3v) is 7.24. The fraction of sp³-hybridized carbons (Fsp3) is 0.360. The molecular weight excluding hydrogens is 418 g/mol. The van der Waals surface area contributed by atoms with Gasteiger partial charge in [0.1, 0.15) is 16.4 Å². The van der Waals surface area contributed by atoms with Crippen LogP contribution in [0.5, 0.6) is 5.75 Å². The van der Waals surface area contributed by atoms with E-state index in [1.165, 1.54) is 5.56 Å². The molecule has 1 aromatic carbocycles. The molecular formula is C25H29N5OS. The summed E-state index contributed by atoms with van der Waals surface area (Å²) in [6.45, 7) is 4.99. The van der Waals surface area contributed by atoms with Gasteiger partial charge in [0.05, 0.1) is 23.2 Å². The Hall–Kier alpha value is -2.90. The topological polar surface area (TPSA) is 62.3 Å². The Labute approximate surface area is 192 Å². The van der Waals surface area contributed by atoms with Gasteiger partial charge < -0.3 is 20.3 Å². The van der Waals surface area contributed by atoms with Crippen molar-refractivity contribution in [2.75, 3.05) is 32.1 Å². The zero-order chi connectivity index (χ0) is 21.9. The van der Waals surface area contributed by atoms with Crippen LogP contribution in [0.25, 0.3) is 11.9 Å². The summed E-state index contributed by atoms with van der Waals surface area (Å²) in [4.78, 5) is 12.3. The summed E-state index contributed by atoms with van der Waals surface area (Å²) in [7, 11) is 1.72. The van der Waals surface area contributed by atoms with E-state index in [-0.39, 0.29) is 0 Å². The number of nitrogens with one attached hydrogen (secondary N) is 2. The molecule has 5 rings (SSSR count). The molecule has 2 aliphatic rings. The number of aromatic nitrogens is 2. The zero-order valence-corrected chi connectivity index (χ0v) is 19.4. The standard InChI is InChI=1S/C25H29N5OS/c1-3-21-29-23-24(22-18(7-5-11-27-22)15-28-25(23)32-21)30-13-12-26-19(16-30)10-9-17-6-4-8-20(14-17)31-2/h4-8,11,14-15,19,26,28H,3,9-10,12-13,16H2,1-2H3. The van der Waals surface area contributed by atoms with Gasteiger partial charge in [-0.2, -0.15) is 0 Å². The summed E-state index contributed by atoms with van der Waals surface area (Å²) < 4.78 is 5.38. The van der Waals surface area contributed by atoms with E-state index in [9.17, 15) is 0 Å². The maximum Gasteiger partial charge on any atom is 0.124 e. The predicted octanol–water partition coefficient (Wildman–Crippen LogP) is 2.34. The number of ether oxygens (including phenoxy) is 1. The SMILES string of the molecule is CCc1nc2c(s1)NC=c1cccnc1=C2N1CCNC(CCc2cccc(OC)c2)C1. The molecule has 1 unspecified atom stereocenters. The highest BCUT2D eigenvalue weighted by Gasteiger charge is 2.27. The molecule has 0 spiro atoms. The minimum absolute atomic E-state index is 0.405. The molecule has 2 aromatic heterocycles. The number of aryl methyl sites for hydroxylation is 2. The van der Waals surface area contributed by atoms with Crippen molar-refractivity contribution in [3.63, 3.8) is 0 Å². The number of piperazine rings is 1. The second-order valence-corrected chi connectivity index (χ2v) is 9.29. The minimum atomic E-state index is 0.405. The summed E-state index contributed by atoms with van der Waals surface area (Å²) >= 11 is 1.74. The van der Waals surface area contributed by atoms with Crippen molar-refractivity contribution in [2.45, 2.75) is 32.2 Å². The van der Waals surface area contributed by atoms with E-state index < -0.39 is 0 Å². The van der Waals surface area contributed by atoms with Gasteiger partial charge in [-0.25, -0.2) is 4.98 Å². The van der Waals surface area contributed by atoms with E-state index in [2.05, 4.69) is 52.9 Å². The smallest absolute Gasteiger partial charge is 0.124 e. The Kier molecular flexibility index (Phi) is 6.10. The highest BCUT2D eigenvalue weighted by atomic mass is 32.1. The van der Waals surface area contributed by atoms with E-state index in [0.717, 1.165) is 76.6 Å². The molecule has 1 saturated heterocycles. The van der Waals surface area contributed by atoms with Gasteiger partial charge in [0, 0.05) is 43.3 Å². The van der Waals surface area contributed by atoms with Gasteiger partial charge in [-0.1, -0.05) is 19.1 Å². The molecule has 1 fully saturated rings. The van der Waals surface area contributed by atoms with Crippen LogP contribution in [0.1, 0.15) is 29.6 Å². The fourth-order valence-corrected chi connectivity index (χ4v) is 5.33. The molecule has 1 atom stereocenters. The van der Waals surface area contributed by atoms with E-state index >= 15 is 0 Å². The predicted molar refractivity (Wildman–Crippen MR) is 130 cm³/mol. The van der Waals surface area contributed by atoms with Crippen LogP contribution in [0.15, 0.2) is 42.6 Å². The van der Waals surface area contributed by atoms with Crippen molar-refractivity contribution < 1.29 is 4.74 Å². The molecule has 0 bridgehead atoms. The van der Waals surface area contributed by atoms with Crippen molar-refractivity contribution in [1.82, 2.24) is 20.2 Å². The monoisotopic (exact) mass is 447 g/mol. The molecule has 0 aliphatic carbocycles. The van der Waals surface area contributed by atoms with Crippen molar-refractivity contribution in [2.24, 2.45) is 0 Å². The third kappa shape index (κ3) is 4.23. The molecule has 7 heteroatoms. The largest absolute Gasteiger partial charge is 0.497 e. The lowest BCUT2D eigenvalue weighted by Gasteiger charge is -2.36. The summed E-state index contributed by atoms with van der Waals surface area (Å²) in [5.74, 6) is 0.920. The summed E-state index contributed by atoms with van der Waals surface area (Å²) in [5.41, 5.74) is 3.50. The highest BCUT2D eigenvalue weighted by molar-refractivity contribution is 7.16. The molecule has 166 valence electrons. The number of benzene rings is 1. The van der Waals surface area contributed by atoms with Gasteiger partial charge in [0.25, 0.3) is 0 Å². The molecule has 0 radical (unpaired) electrons. The van der Waals surface area contributed by atoms with E-state index in [0.29, 0.717) is 6.04 Å². The first kappa shape index (κ1) is 21.0. The fourth-order valence-electron chi connectivity index (χ4n) is 4.45. The van der Waals surface area contributed by atoms with Crippen molar-refractivity contribution in [1.29, 1.82) is 0 Å². The number of nitrogens with zero attached hydrogens (tertiary/aromatic N) is 3. The number of rotatable bonds is 6. The molecule has 6 nitrogen and oxygen atoms in total. The molecule has 3 aromatic rings. The van der Waals surface area contributed by atoms with Crippen LogP contribution in [0.3, 0.4) is 0 Å². The quantitative estimate of drug-likeness (QED) is 0.605. The van der Waals surface area contributed by atoms with Crippen molar-refractivity contribution in [3.8, 4) is 5.75 Å². The highest BCUT2D eigenvalue weighted by Crippen LogP contribution is 2.32. The molecule has 2 aliphatic heterocycles. The Morgan fingerprint density at radius 3 is 3.06 bits per heavy atom. The van der Waals surface area contributed by atoms with Gasteiger partial charge in [-0.15, -0.1) is 11.3 Å². The van der Waals surface area contributed by atoms with E-state index in [1.54, 1.807) is 18.4 Å². The number of hydrogen-bond donors (Lipinski definition) is 2. The van der Waals surface area contributed by atoms with Crippen LogP contribution in [-0.2, 0) is 12.8 Å². The lowest BCUT2D eigenvalue weighted by atomic mass is 10.0. The molecule has 32 heavy (non-hydrogen) atoms. The Balaban J connectivity index is 1.44. The number of fused-ring (bicyclic) bond motifs is 2.